The molecule has 1 N–H and O–H groups in total. The lowest BCUT2D eigenvalue weighted by Crippen LogP contribution is -1.92. The summed E-state index contributed by atoms with van der Waals surface area (Å²) in [5.74, 6) is -0.259. The average molecular weight is 371 g/mol. The summed E-state index contributed by atoms with van der Waals surface area (Å²) in [6, 6.07) is 8.38. The number of halogens is 2. The Hall–Kier alpha value is -2.47. The molecule has 114 valence electrons. The van der Waals surface area contributed by atoms with Crippen LogP contribution < -0.4 is 0 Å². The van der Waals surface area contributed by atoms with Gasteiger partial charge >= 0.3 is 0 Å². The van der Waals surface area contributed by atoms with Gasteiger partial charge in [0.2, 0.25) is 0 Å². The van der Waals surface area contributed by atoms with Crippen LogP contribution in [0.2, 0.25) is 0 Å². The van der Waals surface area contributed by atoms with E-state index in [1.807, 2.05) is 29.8 Å². The molecule has 0 saturated carbocycles. The first-order valence-corrected chi connectivity index (χ1v) is 7.86. The normalized spacial score (nSPS) is 11.3. The summed E-state index contributed by atoms with van der Waals surface area (Å²) in [5.41, 5.74) is 5.65. The van der Waals surface area contributed by atoms with Crippen LogP contribution in [-0.4, -0.2) is 19.6 Å². The van der Waals surface area contributed by atoms with Crippen LogP contribution >= 0.6 is 15.9 Å². The van der Waals surface area contributed by atoms with Crippen molar-refractivity contribution in [1.82, 2.24) is 19.6 Å². The largest absolute Gasteiger partial charge is 0.294 e. The van der Waals surface area contributed by atoms with Gasteiger partial charge < -0.3 is 0 Å². The second-order valence-corrected chi connectivity index (χ2v) is 6.15. The highest BCUT2D eigenvalue weighted by atomic mass is 79.9. The Morgan fingerprint density at radius 3 is 2.74 bits per heavy atom. The average Bonchev–Trinajstić information content (AvgIpc) is 3.15. The Morgan fingerprint density at radius 2 is 1.96 bits per heavy atom. The molecule has 3 aromatic heterocycles. The third-order valence-electron chi connectivity index (χ3n) is 3.86. The number of pyridine rings is 1. The number of fused-ring (bicyclic) bond motifs is 1. The van der Waals surface area contributed by atoms with Crippen molar-refractivity contribution in [2.45, 2.75) is 6.92 Å². The van der Waals surface area contributed by atoms with Crippen LogP contribution in [0.15, 0.2) is 53.5 Å². The minimum absolute atomic E-state index is 0.259. The topological polar surface area (TPSA) is 46.0 Å². The monoisotopic (exact) mass is 370 g/mol. The fourth-order valence-electron chi connectivity index (χ4n) is 2.70. The second kappa shape index (κ2) is 5.31. The number of rotatable bonds is 2. The number of hydrogen-bond acceptors (Lipinski definition) is 2. The summed E-state index contributed by atoms with van der Waals surface area (Å²) in [5, 5.41) is 7.25. The molecule has 4 rings (SSSR count). The van der Waals surface area contributed by atoms with Crippen LogP contribution in [0.1, 0.15) is 5.56 Å². The highest BCUT2D eigenvalue weighted by Gasteiger charge is 2.14. The number of nitrogens with one attached hydrogen (secondary N) is 1. The van der Waals surface area contributed by atoms with E-state index >= 15 is 0 Å². The molecule has 0 aliphatic heterocycles. The molecule has 0 aliphatic carbocycles. The first kappa shape index (κ1) is 14.1. The van der Waals surface area contributed by atoms with Crippen molar-refractivity contribution >= 4 is 21.6 Å². The molecule has 0 atom stereocenters. The van der Waals surface area contributed by atoms with Crippen molar-refractivity contribution < 1.29 is 4.39 Å². The predicted molar refractivity (Wildman–Crippen MR) is 90.6 cm³/mol. The van der Waals surface area contributed by atoms with Crippen molar-refractivity contribution in [3.05, 3.63) is 64.9 Å². The van der Waals surface area contributed by atoms with Crippen molar-refractivity contribution in [3.63, 3.8) is 0 Å². The first-order chi connectivity index (χ1) is 11.1. The van der Waals surface area contributed by atoms with E-state index in [2.05, 4.69) is 31.1 Å². The molecule has 0 amide bonds. The van der Waals surface area contributed by atoms with E-state index < -0.39 is 0 Å². The van der Waals surface area contributed by atoms with Gasteiger partial charge in [0, 0.05) is 29.1 Å². The van der Waals surface area contributed by atoms with Gasteiger partial charge in [0.15, 0.2) is 0 Å². The predicted octanol–water partition coefficient (Wildman–Crippen LogP) is 4.60. The van der Waals surface area contributed by atoms with Crippen LogP contribution in [0.4, 0.5) is 4.39 Å². The van der Waals surface area contributed by atoms with Gasteiger partial charge in [0.1, 0.15) is 16.1 Å². The van der Waals surface area contributed by atoms with Gasteiger partial charge in [-0.05, 0) is 58.7 Å². The van der Waals surface area contributed by atoms with Crippen LogP contribution in [0.25, 0.3) is 28.0 Å². The molecular weight excluding hydrogens is 359 g/mol. The summed E-state index contributed by atoms with van der Waals surface area (Å²) in [4.78, 5) is 4.34. The molecule has 6 heteroatoms. The maximum Gasteiger partial charge on any atom is 0.137 e. The van der Waals surface area contributed by atoms with Gasteiger partial charge in [0.25, 0.3) is 0 Å². The Kier molecular flexibility index (Phi) is 3.27. The zero-order valence-corrected chi connectivity index (χ0v) is 13.8. The zero-order valence-electron chi connectivity index (χ0n) is 12.2. The van der Waals surface area contributed by atoms with E-state index in [1.54, 1.807) is 18.3 Å². The van der Waals surface area contributed by atoms with Gasteiger partial charge in [0.05, 0.1) is 11.9 Å². The van der Waals surface area contributed by atoms with E-state index in [-0.39, 0.29) is 5.82 Å². The van der Waals surface area contributed by atoms with Crippen LogP contribution in [0, 0.1) is 12.7 Å². The highest BCUT2D eigenvalue weighted by molar-refractivity contribution is 9.10. The third kappa shape index (κ3) is 2.35. The summed E-state index contributed by atoms with van der Waals surface area (Å²) < 4.78 is 16.0. The van der Waals surface area contributed by atoms with Gasteiger partial charge in [-0.15, -0.1) is 0 Å². The Morgan fingerprint density at radius 1 is 1.17 bits per heavy atom. The standard InChI is InChI=1S/C17H12BrFN4/c1-10-6-16-20-8-15(18)23(16)9-14(10)13-7-21-22-17(13)11-2-4-12(19)5-3-11/h2-9H,1H3,(H,21,22). The Bertz CT molecular complexity index is 1000. The molecule has 3 heterocycles. The number of aromatic nitrogens is 4. The molecule has 4 aromatic rings. The van der Waals surface area contributed by atoms with E-state index in [4.69, 9.17) is 0 Å². The maximum atomic E-state index is 13.2. The number of aromatic amines is 1. The Balaban J connectivity index is 1.92. The van der Waals surface area contributed by atoms with Crippen LogP contribution in [0.5, 0.6) is 0 Å². The number of nitrogens with zero attached hydrogens (tertiary/aromatic N) is 3. The molecule has 0 fully saturated rings. The fourth-order valence-corrected chi connectivity index (χ4v) is 3.08. The summed E-state index contributed by atoms with van der Waals surface area (Å²) in [6.45, 7) is 2.04. The number of hydrogen-bond donors (Lipinski definition) is 1. The van der Waals surface area contributed by atoms with E-state index in [1.165, 1.54) is 12.1 Å². The molecule has 4 nitrogen and oxygen atoms in total. The minimum atomic E-state index is -0.259. The third-order valence-corrected chi connectivity index (χ3v) is 4.44. The molecule has 1 aromatic carbocycles. The number of aryl methyl sites for hydroxylation is 1. The van der Waals surface area contributed by atoms with Gasteiger partial charge in [-0.25, -0.2) is 9.37 Å². The molecule has 23 heavy (non-hydrogen) atoms. The Labute approximate surface area is 140 Å². The first-order valence-electron chi connectivity index (χ1n) is 7.07. The molecule has 0 unspecified atom stereocenters. The van der Waals surface area contributed by atoms with E-state index in [0.29, 0.717) is 0 Å². The number of imidazole rings is 1. The second-order valence-electron chi connectivity index (χ2n) is 5.33. The number of H-pyrrole nitrogens is 1. The van der Waals surface area contributed by atoms with E-state index in [9.17, 15) is 4.39 Å². The summed E-state index contributed by atoms with van der Waals surface area (Å²) in [6.07, 6.45) is 5.66. The molecule has 0 aliphatic rings. The quantitative estimate of drug-likeness (QED) is 0.560. The van der Waals surface area contributed by atoms with Crippen molar-refractivity contribution in [2.24, 2.45) is 0 Å². The SMILES string of the molecule is Cc1cc2ncc(Br)n2cc1-c1c[nH]nc1-c1ccc(F)cc1. The lowest BCUT2D eigenvalue weighted by atomic mass is 10.00. The van der Waals surface area contributed by atoms with Gasteiger partial charge in [-0.1, -0.05) is 0 Å². The lowest BCUT2D eigenvalue weighted by molar-refractivity contribution is 0.628. The summed E-state index contributed by atoms with van der Waals surface area (Å²) in [7, 11) is 0. The fraction of sp³-hybridized carbons (Fsp3) is 0.0588. The van der Waals surface area contributed by atoms with Crippen molar-refractivity contribution in [3.8, 4) is 22.4 Å². The molecule has 0 bridgehead atoms. The molecule has 0 spiro atoms. The zero-order chi connectivity index (χ0) is 16.0. The smallest absolute Gasteiger partial charge is 0.137 e. The highest BCUT2D eigenvalue weighted by Crippen LogP contribution is 2.33. The minimum Gasteiger partial charge on any atom is -0.294 e. The molecule has 0 saturated heterocycles. The maximum absolute atomic E-state index is 13.2. The van der Waals surface area contributed by atoms with Crippen LogP contribution in [0.3, 0.4) is 0 Å². The number of benzene rings is 1. The molecule has 0 radical (unpaired) electrons. The van der Waals surface area contributed by atoms with Crippen molar-refractivity contribution in [1.29, 1.82) is 0 Å². The van der Waals surface area contributed by atoms with Gasteiger partial charge in [-0.2, -0.15) is 5.10 Å². The van der Waals surface area contributed by atoms with E-state index in [0.717, 1.165) is 38.2 Å². The van der Waals surface area contributed by atoms with Gasteiger partial charge in [-0.3, -0.25) is 9.50 Å². The lowest BCUT2D eigenvalue weighted by Gasteiger charge is -2.08. The van der Waals surface area contributed by atoms with Crippen LogP contribution in [-0.2, 0) is 0 Å². The summed E-state index contributed by atoms with van der Waals surface area (Å²) >= 11 is 3.50. The molecular formula is C17H12BrFN4. The van der Waals surface area contributed by atoms with Crippen molar-refractivity contribution in [2.75, 3.05) is 0 Å².